The summed E-state index contributed by atoms with van der Waals surface area (Å²) in [6, 6.07) is 12.8. The monoisotopic (exact) mass is 318 g/mol. The third-order valence-electron chi connectivity index (χ3n) is 3.35. The van der Waals surface area contributed by atoms with Crippen LogP contribution in [0.5, 0.6) is 5.75 Å². The fourth-order valence-corrected chi connectivity index (χ4v) is 1.98. The van der Waals surface area contributed by atoms with E-state index in [0.717, 1.165) is 5.56 Å². The van der Waals surface area contributed by atoms with Crippen LogP contribution < -0.4 is 15.8 Å². The maximum absolute atomic E-state index is 13.5. The molecule has 0 saturated carbocycles. The molecule has 0 aromatic heterocycles. The molecule has 0 radical (unpaired) electrons. The number of nitrogens with two attached hydrogens (primary N) is 1. The van der Waals surface area contributed by atoms with Crippen molar-refractivity contribution >= 4 is 5.91 Å². The first-order valence-electron chi connectivity index (χ1n) is 7.19. The number of rotatable bonds is 8. The molecule has 2 aromatic carbocycles. The molecule has 2 aromatic rings. The molecular weight excluding hydrogens is 299 g/mol. The van der Waals surface area contributed by atoms with Gasteiger partial charge in [0.05, 0.1) is 6.61 Å². The van der Waals surface area contributed by atoms with Crippen molar-refractivity contribution in [2.24, 2.45) is 5.73 Å². The number of aliphatic hydroxyl groups excluding tert-OH is 1. The lowest BCUT2D eigenvalue weighted by Gasteiger charge is -2.13. The third kappa shape index (κ3) is 5.05. The van der Waals surface area contributed by atoms with Crippen molar-refractivity contribution in [3.05, 3.63) is 65.5 Å². The van der Waals surface area contributed by atoms with Crippen molar-refractivity contribution in [1.29, 1.82) is 0 Å². The van der Waals surface area contributed by atoms with Gasteiger partial charge in [0.15, 0.2) is 0 Å². The Hall–Kier alpha value is -2.44. The predicted octanol–water partition coefficient (Wildman–Crippen LogP) is 1.34. The van der Waals surface area contributed by atoms with Crippen LogP contribution in [0.2, 0.25) is 0 Å². The van der Waals surface area contributed by atoms with Crippen LogP contribution in [-0.2, 0) is 17.9 Å². The van der Waals surface area contributed by atoms with Gasteiger partial charge in [0, 0.05) is 12.1 Å². The Balaban J connectivity index is 1.87. The van der Waals surface area contributed by atoms with E-state index < -0.39 is 11.9 Å². The summed E-state index contributed by atoms with van der Waals surface area (Å²) in [5.41, 5.74) is 6.53. The molecule has 4 N–H and O–H groups in total. The lowest BCUT2D eigenvalue weighted by molar-refractivity contribution is -0.120. The second kappa shape index (κ2) is 8.26. The van der Waals surface area contributed by atoms with E-state index >= 15 is 0 Å². The Morgan fingerprint density at radius 1 is 1.22 bits per heavy atom. The molecule has 0 fully saturated rings. The second-order valence-corrected chi connectivity index (χ2v) is 5.04. The van der Waals surface area contributed by atoms with Crippen molar-refractivity contribution in [2.45, 2.75) is 19.2 Å². The van der Waals surface area contributed by atoms with Crippen LogP contribution in [0, 0.1) is 5.82 Å². The summed E-state index contributed by atoms with van der Waals surface area (Å²) in [7, 11) is 0. The zero-order valence-corrected chi connectivity index (χ0v) is 12.5. The van der Waals surface area contributed by atoms with Gasteiger partial charge in [0.2, 0.25) is 5.91 Å². The number of carbonyl (C=O) groups excluding carboxylic acids is 1. The highest BCUT2D eigenvalue weighted by atomic mass is 19.1. The first-order valence-corrected chi connectivity index (χ1v) is 7.19. The van der Waals surface area contributed by atoms with Gasteiger partial charge in [-0.15, -0.1) is 0 Å². The van der Waals surface area contributed by atoms with Crippen LogP contribution >= 0.6 is 0 Å². The summed E-state index contributed by atoms with van der Waals surface area (Å²) in [4.78, 5) is 11.0. The predicted molar refractivity (Wildman–Crippen MR) is 84.1 cm³/mol. The molecule has 23 heavy (non-hydrogen) atoms. The quantitative estimate of drug-likeness (QED) is 0.686. The molecule has 0 aliphatic carbocycles. The van der Waals surface area contributed by atoms with Gasteiger partial charge >= 0.3 is 0 Å². The number of nitrogens with one attached hydrogen (secondary N) is 1. The average Bonchev–Trinajstić information content (AvgIpc) is 2.55. The highest BCUT2D eigenvalue weighted by molar-refractivity contribution is 5.79. The fourth-order valence-electron chi connectivity index (χ4n) is 1.98. The first kappa shape index (κ1) is 16.9. The normalized spacial score (nSPS) is 11.9. The van der Waals surface area contributed by atoms with Crippen LogP contribution in [0.1, 0.15) is 11.1 Å². The minimum absolute atomic E-state index is 0.151. The maximum atomic E-state index is 13.5. The molecule has 0 heterocycles. The molecule has 0 spiro atoms. The molecule has 1 atom stereocenters. The highest BCUT2D eigenvalue weighted by Crippen LogP contribution is 2.15. The van der Waals surface area contributed by atoms with E-state index in [0.29, 0.717) is 17.9 Å². The summed E-state index contributed by atoms with van der Waals surface area (Å²) in [6.07, 6.45) is 0. The number of hydrogen-bond acceptors (Lipinski definition) is 4. The van der Waals surface area contributed by atoms with Gasteiger partial charge in [-0.25, -0.2) is 4.39 Å². The molecule has 0 aliphatic rings. The minimum atomic E-state index is -0.771. The summed E-state index contributed by atoms with van der Waals surface area (Å²) < 4.78 is 19.0. The highest BCUT2D eigenvalue weighted by Gasteiger charge is 2.12. The first-order chi connectivity index (χ1) is 11.1. The lowest BCUT2D eigenvalue weighted by atomic mass is 10.2. The molecule has 0 bridgehead atoms. The number of ether oxygens (including phenoxy) is 1. The van der Waals surface area contributed by atoms with Gasteiger partial charge in [-0.1, -0.05) is 30.3 Å². The van der Waals surface area contributed by atoms with E-state index in [1.807, 2.05) is 12.1 Å². The van der Waals surface area contributed by atoms with E-state index in [1.54, 1.807) is 30.3 Å². The average molecular weight is 318 g/mol. The van der Waals surface area contributed by atoms with Gasteiger partial charge in [0.25, 0.3) is 0 Å². The molecular formula is C17H19FN2O3. The van der Waals surface area contributed by atoms with Crippen molar-refractivity contribution in [1.82, 2.24) is 5.32 Å². The van der Waals surface area contributed by atoms with E-state index in [2.05, 4.69) is 5.32 Å². The molecule has 0 saturated heterocycles. The molecule has 1 unspecified atom stereocenters. The number of aliphatic hydroxyl groups is 1. The summed E-state index contributed by atoms with van der Waals surface area (Å²) in [5, 5.41) is 11.9. The van der Waals surface area contributed by atoms with Gasteiger partial charge in [-0.3, -0.25) is 10.1 Å². The molecule has 122 valence electrons. The Bertz CT molecular complexity index is 647. The number of primary amides is 1. The molecule has 1 amide bonds. The zero-order valence-electron chi connectivity index (χ0n) is 12.5. The summed E-state index contributed by atoms with van der Waals surface area (Å²) in [6.45, 7) is 0.194. The van der Waals surface area contributed by atoms with Crippen LogP contribution in [0.4, 0.5) is 4.39 Å². The van der Waals surface area contributed by atoms with E-state index in [-0.39, 0.29) is 19.0 Å². The third-order valence-corrected chi connectivity index (χ3v) is 3.35. The Labute approximate surface area is 133 Å². The number of benzene rings is 2. The number of halogens is 1. The number of amides is 1. The maximum Gasteiger partial charge on any atom is 0.236 e. The van der Waals surface area contributed by atoms with Crippen molar-refractivity contribution in [3.63, 3.8) is 0 Å². The number of hydrogen-bond donors (Lipinski definition) is 3. The Kier molecular flexibility index (Phi) is 6.08. The van der Waals surface area contributed by atoms with Gasteiger partial charge in [0.1, 0.15) is 24.2 Å². The molecule has 2 rings (SSSR count). The fraction of sp³-hybridized carbons (Fsp3) is 0.235. The minimum Gasteiger partial charge on any atom is -0.489 e. The summed E-state index contributed by atoms with van der Waals surface area (Å²) in [5.74, 6) is -0.280. The molecule has 5 nitrogen and oxygen atoms in total. The Morgan fingerprint density at radius 2 is 1.91 bits per heavy atom. The van der Waals surface area contributed by atoms with Gasteiger partial charge in [-0.05, 0) is 23.8 Å². The topological polar surface area (TPSA) is 84.6 Å². The van der Waals surface area contributed by atoms with Crippen molar-refractivity contribution < 1.29 is 19.0 Å². The second-order valence-electron chi connectivity index (χ2n) is 5.04. The van der Waals surface area contributed by atoms with Crippen LogP contribution in [0.25, 0.3) is 0 Å². The lowest BCUT2D eigenvalue weighted by Crippen LogP contribution is -2.43. The van der Waals surface area contributed by atoms with E-state index in [4.69, 9.17) is 15.6 Å². The van der Waals surface area contributed by atoms with Crippen LogP contribution in [0.3, 0.4) is 0 Å². The Morgan fingerprint density at radius 3 is 2.52 bits per heavy atom. The van der Waals surface area contributed by atoms with E-state index in [1.165, 1.54) is 6.07 Å². The zero-order chi connectivity index (χ0) is 16.7. The van der Waals surface area contributed by atoms with Crippen molar-refractivity contribution in [2.75, 3.05) is 6.61 Å². The van der Waals surface area contributed by atoms with Crippen LogP contribution in [-0.4, -0.2) is 23.7 Å². The van der Waals surface area contributed by atoms with E-state index in [9.17, 15) is 9.18 Å². The van der Waals surface area contributed by atoms with Gasteiger partial charge in [-0.2, -0.15) is 0 Å². The SMILES string of the molecule is NC(=O)C(CO)NCc1ccc(OCc2ccccc2F)cc1. The molecule has 0 aliphatic heterocycles. The molecule has 6 heteroatoms. The summed E-state index contributed by atoms with van der Waals surface area (Å²) >= 11 is 0. The van der Waals surface area contributed by atoms with Crippen molar-refractivity contribution in [3.8, 4) is 5.75 Å². The van der Waals surface area contributed by atoms with Gasteiger partial charge < -0.3 is 15.6 Å². The number of carbonyl (C=O) groups is 1. The smallest absolute Gasteiger partial charge is 0.236 e. The standard InChI is InChI=1S/C17H19FN2O3/c18-15-4-2-1-3-13(15)11-23-14-7-5-12(6-8-14)9-20-16(10-21)17(19)22/h1-8,16,20-21H,9-11H2,(H2,19,22). The van der Waals surface area contributed by atoms with Crippen LogP contribution in [0.15, 0.2) is 48.5 Å². The largest absolute Gasteiger partial charge is 0.489 e.